The number of benzene rings is 3. The maximum atomic E-state index is 15.2. The predicted molar refractivity (Wildman–Crippen MR) is 146 cm³/mol. The van der Waals surface area contributed by atoms with Crippen molar-refractivity contribution in [3.8, 4) is 22.6 Å². The van der Waals surface area contributed by atoms with Gasteiger partial charge in [0.1, 0.15) is 29.7 Å². The van der Waals surface area contributed by atoms with Gasteiger partial charge in [0.2, 0.25) is 0 Å². The summed E-state index contributed by atoms with van der Waals surface area (Å²) in [6.45, 7) is 6.45. The Hall–Kier alpha value is -2.54. The molecule has 0 bridgehead atoms. The fourth-order valence-electron chi connectivity index (χ4n) is 5.91. The monoisotopic (exact) mass is 519 g/mol. The van der Waals surface area contributed by atoms with Crippen LogP contribution in [0.25, 0.3) is 11.1 Å². The highest BCUT2D eigenvalue weighted by Crippen LogP contribution is 2.44. The van der Waals surface area contributed by atoms with E-state index in [-0.39, 0.29) is 11.9 Å². The molecule has 194 valence electrons. The maximum Gasteiger partial charge on any atom is 0.130 e. The Labute approximate surface area is 222 Å². The molecule has 3 aromatic carbocycles. The lowest BCUT2D eigenvalue weighted by Gasteiger charge is -2.36. The van der Waals surface area contributed by atoms with Gasteiger partial charge >= 0.3 is 0 Å². The van der Waals surface area contributed by atoms with Gasteiger partial charge in [0, 0.05) is 22.8 Å². The molecule has 0 aromatic heterocycles. The first kappa shape index (κ1) is 24.8. The van der Waals surface area contributed by atoms with Crippen LogP contribution in [0.4, 0.5) is 4.39 Å². The normalized spacial score (nSPS) is 20.4. The molecule has 2 unspecified atom stereocenters. The van der Waals surface area contributed by atoms with Crippen molar-refractivity contribution < 1.29 is 18.4 Å². The van der Waals surface area contributed by atoms with Gasteiger partial charge in [-0.05, 0) is 109 Å². The van der Waals surface area contributed by atoms with Crippen molar-refractivity contribution >= 4 is 11.4 Å². The van der Waals surface area contributed by atoms with Crippen LogP contribution in [0.5, 0.6) is 11.5 Å². The maximum absolute atomic E-state index is 15.2. The summed E-state index contributed by atoms with van der Waals surface area (Å²) in [5.41, 5.74) is 7.61. The lowest BCUT2D eigenvalue weighted by Crippen LogP contribution is -2.51. The summed E-state index contributed by atoms with van der Waals surface area (Å²) >= 11 is -0.899. The molecule has 3 aromatic rings. The number of fused-ring (bicyclic) bond motifs is 1. The van der Waals surface area contributed by atoms with Crippen molar-refractivity contribution in [1.82, 2.24) is 4.31 Å². The third-order valence-electron chi connectivity index (χ3n) is 8.04. The Morgan fingerprint density at radius 3 is 2.32 bits per heavy atom. The second kappa shape index (κ2) is 9.97. The first-order valence-corrected chi connectivity index (χ1v) is 14.8. The minimum atomic E-state index is -0.899. The zero-order valence-electron chi connectivity index (χ0n) is 21.8. The first-order valence-electron chi connectivity index (χ1n) is 13.3. The van der Waals surface area contributed by atoms with Gasteiger partial charge in [-0.15, -0.1) is 4.31 Å². The number of aryl methyl sites for hydroxylation is 2. The van der Waals surface area contributed by atoms with E-state index in [4.69, 9.17) is 9.47 Å². The van der Waals surface area contributed by atoms with Crippen molar-refractivity contribution in [2.45, 2.75) is 51.6 Å². The number of hydrogen-bond donors (Lipinski definition) is 0. The van der Waals surface area contributed by atoms with Crippen molar-refractivity contribution in [2.75, 3.05) is 26.0 Å². The smallest absolute Gasteiger partial charge is 0.130 e. The Bertz CT molecular complexity index is 1280. The fourth-order valence-corrected chi connectivity index (χ4v) is 6.75. The largest absolute Gasteiger partial charge is 0.598 e. The molecule has 0 spiro atoms. The molecule has 0 N–H and O–H groups in total. The van der Waals surface area contributed by atoms with E-state index < -0.39 is 11.4 Å². The molecule has 1 heterocycles. The molecule has 2 fully saturated rings. The molecular weight excluding hydrogens is 485 g/mol. The van der Waals surface area contributed by atoms with E-state index in [0.717, 1.165) is 65.2 Å². The molecule has 6 heteroatoms. The van der Waals surface area contributed by atoms with E-state index in [1.807, 2.05) is 22.5 Å². The number of rotatable bonds is 8. The quantitative estimate of drug-likeness (QED) is 0.312. The average molecular weight is 520 g/mol. The number of ether oxygens (including phenoxy) is 2. The third-order valence-corrected chi connectivity index (χ3v) is 9.06. The van der Waals surface area contributed by atoms with Crippen LogP contribution in [0.2, 0.25) is 0 Å². The molecule has 37 heavy (non-hydrogen) atoms. The highest BCUT2D eigenvalue weighted by molar-refractivity contribution is 7.88. The second-order valence-electron chi connectivity index (χ2n) is 10.9. The van der Waals surface area contributed by atoms with Crippen molar-refractivity contribution in [2.24, 2.45) is 5.92 Å². The van der Waals surface area contributed by atoms with Crippen LogP contribution in [-0.4, -0.2) is 34.8 Å². The first-order chi connectivity index (χ1) is 17.9. The minimum absolute atomic E-state index is 0.186. The van der Waals surface area contributed by atoms with Gasteiger partial charge < -0.3 is 14.0 Å². The molecule has 2 aliphatic carbocycles. The van der Waals surface area contributed by atoms with E-state index >= 15 is 4.39 Å². The second-order valence-corrected chi connectivity index (χ2v) is 12.2. The van der Waals surface area contributed by atoms with Gasteiger partial charge in [0.25, 0.3) is 0 Å². The summed E-state index contributed by atoms with van der Waals surface area (Å²) in [6, 6.07) is 16.0. The number of hydrogen-bond acceptors (Lipinski definition) is 4. The summed E-state index contributed by atoms with van der Waals surface area (Å²) in [5.74, 6) is 2.59. The van der Waals surface area contributed by atoms with Crippen LogP contribution in [-0.2, 0) is 17.8 Å². The zero-order chi connectivity index (χ0) is 25.7. The van der Waals surface area contributed by atoms with Gasteiger partial charge in [-0.2, -0.15) is 0 Å². The Kier molecular flexibility index (Phi) is 6.68. The number of nitrogens with zero attached hydrogens (tertiary/aromatic N) is 1. The van der Waals surface area contributed by atoms with Crippen molar-refractivity contribution in [3.63, 3.8) is 0 Å². The van der Waals surface area contributed by atoms with Crippen LogP contribution in [0.15, 0.2) is 48.5 Å². The van der Waals surface area contributed by atoms with Crippen molar-refractivity contribution in [3.05, 3.63) is 82.2 Å². The molecule has 2 atom stereocenters. The van der Waals surface area contributed by atoms with Crippen LogP contribution >= 0.6 is 0 Å². The lowest BCUT2D eigenvalue weighted by atomic mass is 9.90. The van der Waals surface area contributed by atoms with Crippen LogP contribution in [0, 0.1) is 25.6 Å². The molecule has 4 nitrogen and oxygen atoms in total. The van der Waals surface area contributed by atoms with E-state index in [1.165, 1.54) is 18.4 Å². The lowest BCUT2D eigenvalue weighted by molar-refractivity contribution is 0.130. The van der Waals surface area contributed by atoms with Crippen molar-refractivity contribution in [1.29, 1.82) is 0 Å². The predicted octanol–water partition coefficient (Wildman–Crippen LogP) is 6.66. The molecule has 6 rings (SSSR count). The average Bonchev–Trinajstić information content (AvgIpc) is 3.60. The Morgan fingerprint density at radius 2 is 1.68 bits per heavy atom. The molecule has 3 aliphatic rings. The van der Waals surface area contributed by atoms with Crippen LogP contribution < -0.4 is 9.47 Å². The molecule has 1 saturated heterocycles. The topological polar surface area (TPSA) is 44.8 Å². The van der Waals surface area contributed by atoms with Crippen LogP contribution in [0.3, 0.4) is 0 Å². The highest BCUT2D eigenvalue weighted by Gasteiger charge is 2.34. The summed E-state index contributed by atoms with van der Waals surface area (Å²) < 4.78 is 41.0. The molecule has 1 aliphatic heterocycles. The zero-order valence-corrected chi connectivity index (χ0v) is 22.6. The van der Waals surface area contributed by atoms with Gasteiger partial charge in [-0.1, -0.05) is 18.2 Å². The van der Waals surface area contributed by atoms with E-state index in [2.05, 4.69) is 38.1 Å². The van der Waals surface area contributed by atoms with E-state index in [9.17, 15) is 4.55 Å². The SMILES string of the molecule is Cc1cc(OCC2CN([S+](C)[O-])C2)cc(C)c1-c1ccc(F)c2c1CCC2Oc1ccc(C2CC2)cc1. The van der Waals surface area contributed by atoms with Gasteiger partial charge in [-0.3, -0.25) is 0 Å². The van der Waals surface area contributed by atoms with Gasteiger partial charge in [0.05, 0.1) is 19.7 Å². The summed E-state index contributed by atoms with van der Waals surface area (Å²) in [4.78, 5) is 0. The summed E-state index contributed by atoms with van der Waals surface area (Å²) in [7, 11) is 0. The highest BCUT2D eigenvalue weighted by atomic mass is 32.2. The Balaban J connectivity index is 1.20. The molecule has 0 amide bonds. The van der Waals surface area contributed by atoms with E-state index in [0.29, 0.717) is 24.0 Å². The van der Waals surface area contributed by atoms with Gasteiger partial charge in [0.15, 0.2) is 0 Å². The van der Waals surface area contributed by atoms with Crippen LogP contribution in [0.1, 0.15) is 59.1 Å². The summed E-state index contributed by atoms with van der Waals surface area (Å²) in [6.07, 6.45) is 5.56. The third kappa shape index (κ3) is 4.99. The molecule has 0 radical (unpaired) electrons. The van der Waals surface area contributed by atoms with E-state index in [1.54, 1.807) is 12.3 Å². The minimum Gasteiger partial charge on any atom is -0.598 e. The standard InChI is InChI=1S/C31H34FNO3S/c1-19-14-25(35-18-21-16-33(17-21)37(3)34)15-20(2)30(19)26-10-12-28(32)31-27(26)11-13-29(31)36-24-8-6-23(7-9-24)22-4-5-22/h6-10,12,14-15,21-22,29H,4-5,11,13,16-18H2,1-3H3. The molecular formula is C31H34FNO3S. The Morgan fingerprint density at radius 1 is 0.973 bits per heavy atom. The molecule has 1 saturated carbocycles. The number of halogens is 1. The summed E-state index contributed by atoms with van der Waals surface area (Å²) in [5, 5.41) is 0. The fraction of sp³-hybridized carbons (Fsp3) is 0.419. The van der Waals surface area contributed by atoms with Gasteiger partial charge in [-0.25, -0.2) is 4.39 Å².